The van der Waals surface area contributed by atoms with Gasteiger partial charge < -0.3 is 0 Å². The fraction of sp³-hybridized carbons (Fsp3) is 0.200. The van der Waals surface area contributed by atoms with E-state index in [2.05, 4.69) is 25.6 Å². The van der Waals surface area contributed by atoms with E-state index in [9.17, 15) is 12.8 Å². The van der Waals surface area contributed by atoms with Crippen LogP contribution in [0.2, 0.25) is 0 Å². The van der Waals surface area contributed by atoms with Gasteiger partial charge in [-0.25, -0.2) is 13.4 Å². The van der Waals surface area contributed by atoms with Gasteiger partial charge in [0.15, 0.2) is 0 Å². The smallest absolute Gasteiger partial charge is 0.263 e. The van der Waals surface area contributed by atoms with Gasteiger partial charge in [-0.2, -0.15) is 8.42 Å². The van der Waals surface area contributed by atoms with Crippen molar-refractivity contribution >= 4 is 31.7 Å². The molecule has 0 spiro atoms. The molecule has 0 radical (unpaired) electrons. The predicted octanol–water partition coefficient (Wildman–Crippen LogP) is 1.77. The Morgan fingerprint density at radius 2 is 2.22 bits per heavy atom. The van der Waals surface area contributed by atoms with Crippen LogP contribution in [0, 0.1) is 5.82 Å². The molecule has 0 fully saturated rings. The minimum atomic E-state index is -3.62. The lowest BCUT2D eigenvalue weighted by Crippen LogP contribution is -2.18. The van der Waals surface area contributed by atoms with Crippen LogP contribution >= 0.6 is 15.9 Å². The topological polar surface area (TPSA) is 64.6 Å². The first kappa shape index (κ1) is 13.5. The second-order valence-corrected chi connectivity index (χ2v) is 6.05. The summed E-state index contributed by atoms with van der Waals surface area (Å²) in [5.74, 6) is -0.428. The van der Waals surface area contributed by atoms with Gasteiger partial charge >= 0.3 is 0 Å². The largest absolute Gasteiger partial charge is 0.267 e. The molecule has 1 aromatic carbocycles. The van der Waals surface area contributed by atoms with Crippen LogP contribution in [-0.2, 0) is 19.1 Å². The predicted molar refractivity (Wildman–Crippen MR) is 66.0 cm³/mol. The van der Waals surface area contributed by atoms with E-state index in [-0.39, 0.29) is 0 Å². The van der Waals surface area contributed by atoms with Gasteiger partial charge in [0, 0.05) is 11.6 Å². The summed E-state index contributed by atoms with van der Waals surface area (Å²) in [5.41, 5.74) is 3.45. The minimum absolute atomic E-state index is 0.342. The average molecular weight is 338 g/mol. The standard InChI is InChI=1S/C10H9BrFNO4S/c1-18(14,15)17-10-5-9(13-16-10)6-2-3-7(11)8(12)4-6/h2-5,10,13H,1H3. The normalized spacial score (nSPS) is 19.5. The maximum Gasteiger partial charge on any atom is 0.267 e. The highest BCUT2D eigenvalue weighted by molar-refractivity contribution is 9.10. The van der Waals surface area contributed by atoms with E-state index in [0.717, 1.165) is 6.26 Å². The molecule has 1 aliphatic rings. The van der Waals surface area contributed by atoms with Crippen molar-refractivity contribution in [1.29, 1.82) is 0 Å². The Morgan fingerprint density at radius 3 is 2.83 bits per heavy atom. The SMILES string of the molecule is CS(=O)(=O)OC1C=C(c2ccc(Br)c(F)c2)NO1. The number of benzene rings is 1. The monoisotopic (exact) mass is 337 g/mol. The lowest BCUT2D eigenvalue weighted by molar-refractivity contribution is -0.0612. The van der Waals surface area contributed by atoms with Crippen molar-refractivity contribution in [1.82, 2.24) is 5.48 Å². The van der Waals surface area contributed by atoms with Crippen LogP contribution < -0.4 is 5.48 Å². The van der Waals surface area contributed by atoms with Crippen molar-refractivity contribution in [2.75, 3.05) is 6.26 Å². The summed E-state index contributed by atoms with van der Waals surface area (Å²) in [6.45, 7) is 0. The van der Waals surface area contributed by atoms with Gasteiger partial charge in [-0.1, -0.05) is 6.07 Å². The maximum absolute atomic E-state index is 13.3. The molecule has 18 heavy (non-hydrogen) atoms. The molecule has 5 nitrogen and oxygen atoms in total. The lowest BCUT2D eigenvalue weighted by atomic mass is 10.1. The van der Waals surface area contributed by atoms with Crippen LogP contribution in [0.4, 0.5) is 4.39 Å². The second-order valence-electron chi connectivity index (χ2n) is 3.60. The van der Waals surface area contributed by atoms with Gasteiger partial charge in [0.1, 0.15) is 5.82 Å². The molecule has 1 unspecified atom stereocenters. The van der Waals surface area contributed by atoms with E-state index in [1.165, 1.54) is 18.2 Å². The summed E-state index contributed by atoms with van der Waals surface area (Å²) in [6.07, 6.45) is 1.27. The van der Waals surface area contributed by atoms with Gasteiger partial charge in [0.05, 0.1) is 16.4 Å². The Balaban J connectivity index is 2.20. The van der Waals surface area contributed by atoms with E-state index in [1.54, 1.807) is 6.07 Å². The molecule has 0 saturated heterocycles. The van der Waals surface area contributed by atoms with E-state index < -0.39 is 22.2 Å². The Bertz CT molecular complexity index is 602. The van der Waals surface area contributed by atoms with Crippen molar-refractivity contribution in [2.24, 2.45) is 0 Å². The van der Waals surface area contributed by atoms with Gasteiger partial charge in [0.2, 0.25) is 6.29 Å². The third kappa shape index (κ3) is 3.29. The average Bonchev–Trinajstić information content (AvgIpc) is 2.68. The fourth-order valence-electron chi connectivity index (χ4n) is 1.36. The maximum atomic E-state index is 13.3. The van der Waals surface area contributed by atoms with E-state index >= 15 is 0 Å². The zero-order valence-corrected chi connectivity index (χ0v) is 11.6. The number of nitrogens with one attached hydrogen (secondary N) is 1. The molecular formula is C10H9BrFNO4S. The summed E-state index contributed by atoms with van der Waals surface area (Å²) in [5, 5.41) is 0. The van der Waals surface area contributed by atoms with Crippen LogP contribution in [0.15, 0.2) is 28.7 Å². The summed E-state index contributed by atoms with van der Waals surface area (Å²) in [7, 11) is -3.62. The Kier molecular flexibility index (Phi) is 3.71. The third-order valence-corrected chi connectivity index (χ3v) is 3.27. The molecule has 0 aliphatic carbocycles. The van der Waals surface area contributed by atoms with Crippen molar-refractivity contribution in [3.8, 4) is 0 Å². The molecule has 0 amide bonds. The molecule has 0 bridgehead atoms. The molecule has 2 rings (SSSR count). The van der Waals surface area contributed by atoms with Gasteiger partial charge in [-0.15, -0.1) is 0 Å². The van der Waals surface area contributed by atoms with Crippen LogP contribution in [0.1, 0.15) is 5.56 Å². The van der Waals surface area contributed by atoms with E-state index in [0.29, 0.717) is 15.7 Å². The van der Waals surface area contributed by atoms with Crippen LogP contribution in [0.25, 0.3) is 5.70 Å². The van der Waals surface area contributed by atoms with Gasteiger partial charge in [-0.3, -0.25) is 5.48 Å². The molecule has 98 valence electrons. The molecule has 1 aromatic rings. The summed E-state index contributed by atoms with van der Waals surface area (Å²) >= 11 is 3.04. The Labute approximate surface area is 112 Å². The highest BCUT2D eigenvalue weighted by atomic mass is 79.9. The number of hydrogen-bond donors (Lipinski definition) is 1. The highest BCUT2D eigenvalue weighted by Gasteiger charge is 2.22. The molecule has 8 heteroatoms. The van der Waals surface area contributed by atoms with Crippen LogP contribution in [0.3, 0.4) is 0 Å². The van der Waals surface area contributed by atoms with Crippen LogP contribution in [0.5, 0.6) is 0 Å². The third-order valence-electron chi connectivity index (χ3n) is 2.09. The van der Waals surface area contributed by atoms with Crippen molar-refractivity contribution in [3.05, 3.63) is 40.1 Å². The summed E-state index contributed by atoms with van der Waals surface area (Å²) < 4.78 is 40.1. The highest BCUT2D eigenvalue weighted by Crippen LogP contribution is 2.23. The molecule has 1 aliphatic heterocycles. The number of hydrogen-bond acceptors (Lipinski definition) is 5. The summed E-state index contributed by atoms with van der Waals surface area (Å²) in [4.78, 5) is 4.89. The zero-order chi connectivity index (χ0) is 13.3. The summed E-state index contributed by atoms with van der Waals surface area (Å²) in [6, 6.07) is 4.48. The lowest BCUT2D eigenvalue weighted by Gasteiger charge is -2.06. The van der Waals surface area contributed by atoms with Crippen molar-refractivity contribution in [2.45, 2.75) is 6.29 Å². The van der Waals surface area contributed by atoms with E-state index in [4.69, 9.17) is 4.84 Å². The first-order valence-corrected chi connectivity index (χ1v) is 7.43. The second kappa shape index (κ2) is 4.96. The van der Waals surface area contributed by atoms with Crippen molar-refractivity contribution in [3.63, 3.8) is 0 Å². The molecule has 1 heterocycles. The van der Waals surface area contributed by atoms with E-state index in [1.807, 2.05) is 0 Å². The number of hydroxylamine groups is 1. The first-order chi connectivity index (χ1) is 8.35. The Hall–Kier alpha value is -0.960. The number of halogens is 2. The quantitative estimate of drug-likeness (QED) is 0.851. The van der Waals surface area contributed by atoms with Gasteiger partial charge in [0.25, 0.3) is 10.1 Å². The van der Waals surface area contributed by atoms with Crippen LogP contribution in [-0.4, -0.2) is 21.0 Å². The zero-order valence-electron chi connectivity index (χ0n) is 9.18. The molecule has 0 aromatic heterocycles. The fourth-order valence-corrected chi connectivity index (χ4v) is 2.05. The first-order valence-electron chi connectivity index (χ1n) is 4.82. The Morgan fingerprint density at radius 1 is 1.50 bits per heavy atom. The molecule has 1 N–H and O–H groups in total. The van der Waals surface area contributed by atoms with Crippen molar-refractivity contribution < 1.29 is 21.8 Å². The molecule has 0 saturated carbocycles. The number of rotatable bonds is 3. The van der Waals surface area contributed by atoms with Gasteiger partial charge in [-0.05, 0) is 28.1 Å². The molecule has 1 atom stereocenters. The minimum Gasteiger partial charge on any atom is -0.263 e. The molecular weight excluding hydrogens is 329 g/mol.